The van der Waals surface area contributed by atoms with Gasteiger partial charge in [0.15, 0.2) is 0 Å². The fourth-order valence-corrected chi connectivity index (χ4v) is 2.68. The third-order valence-corrected chi connectivity index (χ3v) is 4.30. The molecule has 0 aliphatic carbocycles. The molecule has 0 aromatic carbocycles. The van der Waals surface area contributed by atoms with Gasteiger partial charge in [0.05, 0.1) is 6.61 Å². The van der Waals surface area contributed by atoms with Gasteiger partial charge in [-0.1, -0.05) is 52.0 Å². The van der Waals surface area contributed by atoms with E-state index in [-0.39, 0.29) is 5.97 Å². The summed E-state index contributed by atoms with van der Waals surface area (Å²) in [5.74, 6) is -1.08. The van der Waals surface area contributed by atoms with Crippen molar-refractivity contribution < 1.29 is 23.7 Å². The lowest BCUT2D eigenvalue weighted by Crippen LogP contribution is -2.38. The predicted molar refractivity (Wildman–Crippen MR) is 95.6 cm³/mol. The summed E-state index contributed by atoms with van der Waals surface area (Å²) in [6.45, 7) is 7.83. The van der Waals surface area contributed by atoms with Gasteiger partial charge >= 0.3 is 5.97 Å². The highest BCUT2D eigenvalue weighted by molar-refractivity contribution is 5.86. The molecule has 5 heteroatoms. The lowest BCUT2D eigenvalue weighted by molar-refractivity contribution is -0.359. The highest BCUT2D eigenvalue weighted by Crippen LogP contribution is 2.28. The van der Waals surface area contributed by atoms with Crippen molar-refractivity contribution in [1.82, 2.24) is 0 Å². The first-order valence-electron chi connectivity index (χ1n) is 8.92. The number of carbonyl (C=O) groups excluding carboxylic acids is 1. The number of ether oxygens (including phenoxy) is 4. The van der Waals surface area contributed by atoms with Gasteiger partial charge in [-0.15, -0.1) is 0 Å². The van der Waals surface area contributed by atoms with Crippen LogP contribution in [0.15, 0.2) is 12.2 Å². The Bertz CT molecular complexity index is 341. The average Bonchev–Trinajstić information content (AvgIpc) is 2.58. The van der Waals surface area contributed by atoms with Gasteiger partial charge in [-0.05, 0) is 19.3 Å². The maximum Gasteiger partial charge on any atom is 0.333 e. The highest BCUT2D eigenvalue weighted by Gasteiger charge is 2.33. The smallest absolute Gasteiger partial charge is 0.333 e. The molecule has 0 spiro atoms. The molecule has 0 aromatic heterocycles. The van der Waals surface area contributed by atoms with Crippen LogP contribution in [0.3, 0.4) is 0 Å². The van der Waals surface area contributed by atoms with Gasteiger partial charge in [0, 0.05) is 33.3 Å². The molecule has 0 bridgehead atoms. The summed E-state index contributed by atoms with van der Waals surface area (Å²) in [6.07, 6.45) is 8.53. The number of rotatable bonds is 15. The summed E-state index contributed by atoms with van der Waals surface area (Å²) >= 11 is 0. The molecule has 5 nitrogen and oxygen atoms in total. The molecule has 0 aromatic rings. The molecular formula is C19H36O5. The molecule has 0 amide bonds. The van der Waals surface area contributed by atoms with Gasteiger partial charge in [0.1, 0.15) is 0 Å². The van der Waals surface area contributed by atoms with E-state index in [2.05, 4.69) is 13.5 Å². The van der Waals surface area contributed by atoms with Crippen molar-refractivity contribution in [2.75, 3.05) is 27.9 Å². The highest BCUT2D eigenvalue weighted by atomic mass is 16.9. The fraction of sp³-hybridized carbons (Fsp3) is 0.842. The van der Waals surface area contributed by atoms with Crippen LogP contribution in [0.25, 0.3) is 0 Å². The third kappa shape index (κ3) is 9.40. The van der Waals surface area contributed by atoms with Crippen LogP contribution >= 0.6 is 0 Å². The monoisotopic (exact) mass is 344 g/mol. The van der Waals surface area contributed by atoms with Crippen molar-refractivity contribution in [2.24, 2.45) is 5.92 Å². The van der Waals surface area contributed by atoms with Crippen LogP contribution < -0.4 is 0 Å². The minimum Gasteiger partial charge on any atom is -0.462 e. The minimum atomic E-state index is -1.04. The molecule has 0 aliphatic heterocycles. The van der Waals surface area contributed by atoms with E-state index >= 15 is 0 Å². The Labute approximate surface area is 147 Å². The number of unbranched alkanes of at least 4 members (excludes halogenated alkanes) is 4. The lowest BCUT2D eigenvalue weighted by atomic mass is 9.93. The summed E-state index contributed by atoms with van der Waals surface area (Å²) in [6, 6.07) is 0. The van der Waals surface area contributed by atoms with Crippen molar-refractivity contribution in [3.8, 4) is 0 Å². The predicted octanol–water partition coefficient (Wildman–Crippen LogP) is 4.46. The van der Waals surface area contributed by atoms with Crippen molar-refractivity contribution >= 4 is 5.97 Å². The number of hydrogen-bond acceptors (Lipinski definition) is 5. The molecule has 0 N–H and O–H groups in total. The molecule has 1 atom stereocenters. The van der Waals surface area contributed by atoms with Crippen LogP contribution in [0, 0.1) is 5.92 Å². The molecule has 0 fully saturated rings. The van der Waals surface area contributed by atoms with Gasteiger partial charge in [-0.25, -0.2) is 4.79 Å². The van der Waals surface area contributed by atoms with Crippen molar-refractivity contribution in [3.05, 3.63) is 12.2 Å². The maximum absolute atomic E-state index is 11.5. The topological polar surface area (TPSA) is 54.0 Å². The maximum atomic E-state index is 11.5. The van der Waals surface area contributed by atoms with Crippen LogP contribution in [0.4, 0.5) is 0 Å². The molecule has 0 saturated carbocycles. The Morgan fingerprint density at radius 1 is 1.00 bits per heavy atom. The van der Waals surface area contributed by atoms with Crippen molar-refractivity contribution in [2.45, 2.75) is 71.2 Å². The normalized spacial score (nSPS) is 12.9. The molecule has 142 valence electrons. The first-order chi connectivity index (χ1) is 11.4. The lowest BCUT2D eigenvalue weighted by Gasteiger charge is -2.32. The largest absolute Gasteiger partial charge is 0.462 e. The number of esters is 1. The molecule has 1 unspecified atom stereocenters. The minimum absolute atomic E-state index is 0.296. The zero-order chi connectivity index (χ0) is 18.4. The average molecular weight is 344 g/mol. The van der Waals surface area contributed by atoms with Gasteiger partial charge in [0.25, 0.3) is 5.97 Å². The third-order valence-electron chi connectivity index (χ3n) is 4.30. The number of methoxy groups -OCH3 is 3. The van der Waals surface area contributed by atoms with E-state index in [1.165, 1.54) is 25.7 Å². The van der Waals surface area contributed by atoms with Gasteiger partial charge < -0.3 is 18.9 Å². The molecule has 0 saturated heterocycles. The Morgan fingerprint density at radius 2 is 1.58 bits per heavy atom. The van der Waals surface area contributed by atoms with Crippen molar-refractivity contribution in [3.63, 3.8) is 0 Å². The summed E-state index contributed by atoms with van der Waals surface area (Å²) in [5, 5.41) is 0. The molecular weight excluding hydrogens is 308 g/mol. The number of carbonyl (C=O) groups is 1. The zero-order valence-corrected chi connectivity index (χ0v) is 16.2. The first-order valence-corrected chi connectivity index (χ1v) is 8.92. The molecule has 0 heterocycles. The summed E-state index contributed by atoms with van der Waals surface area (Å²) in [5.41, 5.74) is 0.422. The Balaban J connectivity index is 4.52. The fourth-order valence-electron chi connectivity index (χ4n) is 2.68. The molecule has 0 rings (SSSR count). The van der Waals surface area contributed by atoms with Crippen LogP contribution in [-0.4, -0.2) is 39.9 Å². The Hall–Kier alpha value is -0.910. The van der Waals surface area contributed by atoms with Crippen LogP contribution in [0.2, 0.25) is 0 Å². The standard InChI is InChI=1S/C19H36O5/c1-7-8-9-10-11-12-17(13-14-24-18(20)16(2)3)15-19(21-4,22-5)23-6/h17H,2,7-15H2,1,3-6H3. The molecule has 24 heavy (non-hydrogen) atoms. The van der Waals surface area contributed by atoms with E-state index in [0.717, 1.165) is 19.3 Å². The second-order valence-electron chi connectivity index (χ2n) is 6.27. The molecule has 0 radical (unpaired) electrons. The van der Waals surface area contributed by atoms with Gasteiger partial charge in [-0.2, -0.15) is 0 Å². The van der Waals surface area contributed by atoms with Gasteiger partial charge in [0.2, 0.25) is 0 Å². The summed E-state index contributed by atoms with van der Waals surface area (Å²) in [4.78, 5) is 11.5. The zero-order valence-electron chi connectivity index (χ0n) is 16.2. The summed E-state index contributed by atoms with van der Waals surface area (Å²) < 4.78 is 21.5. The SMILES string of the molecule is C=C(C)C(=O)OCCC(CCCCCCC)CC(OC)(OC)OC. The molecule has 0 aliphatic rings. The van der Waals surface area contributed by atoms with E-state index in [9.17, 15) is 4.79 Å². The van der Waals surface area contributed by atoms with E-state index in [4.69, 9.17) is 18.9 Å². The number of hydrogen-bond donors (Lipinski definition) is 0. The first kappa shape index (κ1) is 23.1. The van der Waals surface area contributed by atoms with E-state index in [1.54, 1.807) is 28.3 Å². The van der Waals surface area contributed by atoms with Gasteiger partial charge in [-0.3, -0.25) is 0 Å². The quantitative estimate of drug-likeness (QED) is 0.190. The van der Waals surface area contributed by atoms with E-state index in [1.807, 2.05) is 0 Å². The van der Waals surface area contributed by atoms with E-state index in [0.29, 0.717) is 24.5 Å². The van der Waals surface area contributed by atoms with Crippen molar-refractivity contribution in [1.29, 1.82) is 0 Å². The Morgan fingerprint density at radius 3 is 2.08 bits per heavy atom. The second-order valence-corrected chi connectivity index (χ2v) is 6.27. The second kappa shape index (κ2) is 13.4. The Kier molecular flexibility index (Phi) is 12.9. The summed E-state index contributed by atoms with van der Waals surface area (Å²) in [7, 11) is 4.73. The van der Waals surface area contributed by atoms with Crippen LogP contribution in [0.5, 0.6) is 0 Å². The van der Waals surface area contributed by atoms with Crippen LogP contribution in [-0.2, 0) is 23.7 Å². The van der Waals surface area contributed by atoms with Crippen LogP contribution in [0.1, 0.15) is 65.2 Å². The van der Waals surface area contributed by atoms with E-state index < -0.39 is 5.97 Å².